The number of nitrogens with one attached hydrogen (secondary N) is 1. The lowest BCUT2D eigenvalue weighted by molar-refractivity contribution is 0.554. The van der Waals surface area contributed by atoms with Crippen molar-refractivity contribution in [1.29, 1.82) is 0 Å². The maximum atomic E-state index is 13.5. The van der Waals surface area contributed by atoms with E-state index in [1.807, 2.05) is 17.8 Å². The first kappa shape index (κ1) is 15.8. The quantitative estimate of drug-likeness (QED) is 0.697. The Morgan fingerprint density at radius 1 is 1.35 bits per heavy atom. The Balaban J connectivity index is 2.02. The molecule has 0 heterocycles. The van der Waals surface area contributed by atoms with Crippen LogP contribution in [0.25, 0.3) is 0 Å². The molecule has 1 nitrogen and oxygen atoms in total. The fourth-order valence-corrected chi connectivity index (χ4v) is 4.16. The van der Waals surface area contributed by atoms with Crippen LogP contribution >= 0.6 is 11.8 Å². The molecule has 1 aliphatic carbocycles. The molecule has 0 amide bonds. The maximum absolute atomic E-state index is 13.5. The van der Waals surface area contributed by atoms with Crippen LogP contribution in [0.3, 0.4) is 0 Å². The average molecular weight is 295 g/mol. The summed E-state index contributed by atoms with van der Waals surface area (Å²) in [5.41, 5.74) is 1.11. The van der Waals surface area contributed by atoms with E-state index in [4.69, 9.17) is 0 Å². The van der Waals surface area contributed by atoms with E-state index in [2.05, 4.69) is 19.2 Å². The third-order valence-electron chi connectivity index (χ3n) is 4.09. The molecule has 1 unspecified atom stereocenters. The van der Waals surface area contributed by atoms with Crippen molar-refractivity contribution >= 4 is 11.8 Å². The molecule has 1 aliphatic rings. The van der Waals surface area contributed by atoms with Gasteiger partial charge in [-0.15, -0.1) is 11.8 Å². The van der Waals surface area contributed by atoms with Crippen LogP contribution in [0.15, 0.2) is 23.1 Å². The highest BCUT2D eigenvalue weighted by Gasteiger charge is 2.17. The van der Waals surface area contributed by atoms with E-state index in [-0.39, 0.29) is 11.9 Å². The molecule has 1 atom stereocenters. The summed E-state index contributed by atoms with van der Waals surface area (Å²) >= 11 is 1.91. The first-order valence-corrected chi connectivity index (χ1v) is 8.85. The van der Waals surface area contributed by atoms with Gasteiger partial charge in [-0.3, -0.25) is 0 Å². The molecule has 0 bridgehead atoms. The Labute approximate surface area is 126 Å². The van der Waals surface area contributed by atoms with E-state index in [0.29, 0.717) is 0 Å². The number of rotatable bonds is 7. The lowest BCUT2D eigenvalue weighted by Crippen LogP contribution is -2.20. The number of thioether (sulfide) groups is 1. The highest BCUT2D eigenvalue weighted by atomic mass is 32.2. The topological polar surface area (TPSA) is 12.0 Å². The van der Waals surface area contributed by atoms with E-state index >= 15 is 0 Å². The van der Waals surface area contributed by atoms with Crippen LogP contribution < -0.4 is 5.32 Å². The summed E-state index contributed by atoms with van der Waals surface area (Å²) in [5.74, 6) is 1.91. The molecule has 1 aromatic carbocycles. The lowest BCUT2D eigenvalue weighted by atomic mass is 10.1. The van der Waals surface area contributed by atoms with Gasteiger partial charge in [0, 0.05) is 16.7 Å². The van der Waals surface area contributed by atoms with Crippen molar-refractivity contribution in [1.82, 2.24) is 5.32 Å². The molecule has 20 heavy (non-hydrogen) atoms. The van der Waals surface area contributed by atoms with Crippen molar-refractivity contribution in [3.05, 3.63) is 29.6 Å². The van der Waals surface area contributed by atoms with Crippen molar-refractivity contribution in [2.75, 3.05) is 12.3 Å². The fraction of sp³-hybridized carbons (Fsp3) is 0.647. The van der Waals surface area contributed by atoms with E-state index in [0.717, 1.165) is 24.4 Å². The van der Waals surface area contributed by atoms with Gasteiger partial charge in [-0.25, -0.2) is 4.39 Å². The number of hydrogen-bond donors (Lipinski definition) is 1. The van der Waals surface area contributed by atoms with Crippen LogP contribution in [-0.2, 0) is 0 Å². The van der Waals surface area contributed by atoms with Gasteiger partial charge < -0.3 is 5.32 Å². The van der Waals surface area contributed by atoms with E-state index < -0.39 is 0 Å². The SMILES string of the molecule is CCCNC(C)c1cc(F)ccc1SCC1CCCC1. The largest absolute Gasteiger partial charge is 0.310 e. The van der Waals surface area contributed by atoms with Gasteiger partial charge in [0.15, 0.2) is 0 Å². The van der Waals surface area contributed by atoms with Crippen LogP contribution in [0, 0.1) is 11.7 Å². The average Bonchev–Trinajstić information content (AvgIpc) is 2.96. The molecule has 0 aliphatic heterocycles. The second kappa shape index (κ2) is 8.04. The molecule has 1 aromatic rings. The molecule has 112 valence electrons. The first-order valence-electron chi connectivity index (χ1n) is 7.86. The van der Waals surface area contributed by atoms with Crippen LogP contribution in [-0.4, -0.2) is 12.3 Å². The maximum Gasteiger partial charge on any atom is 0.123 e. The van der Waals surface area contributed by atoms with Crippen molar-refractivity contribution < 1.29 is 4.39 Å². The summed E-state index contributed by atoms with van der Waals surface area (Å²) < 4.78 is 13.5. The zero-order valence-corrected chi connectivity index (χ0v) is 13.4. The summed E-state index contributed by atoms with van der Waals surface area (Å²) in [5, 5.41) is 3.46. The molecule has 0 spiro atoms. The summed E-state index contributed by atoms with van der Waals surface area (Å²) in [6, 6.07) is 5.46. The van der Waals surface area contributed by atoms with Crippen molar-refractivity contribution in [3.63, 3.8) is 0 Å². The normalized spacial score (nSPS) is 17.6. The molecule has 2 rings (SSSR count). The minimum absolute atomic E-state index is 0.129. The predicted molar refractivity (Wildman–Crippen MR) is 85.8 cm³/mol. The van der Waals surface area contributed by atoms with E-state index in [1.54, 1.807) is 12.1 Å². The molecule has 3 heteroatoms. The van der Waals surface area contributed by atoms with Crippen LogP contribution in [0.1, 0.15) is 57.6 Å². The Bertz CT molecular complexity index is 415. The van der Waals surface area contributed by atoms with Gasteiger partial charge in [-0.05, 0) is 62.4 Å². The predicted octanol–water partition coefficient (Wildman–Crippen LogP) is 5.17. The van der Waals surface area contributed by atoms with Crippen LogP contribution in [0.2, 0.25) is 0 Å². The van der Waals surface area contributed by atoms with Crippen LogP contribution in [0.4, 0.5) is 4.39 Å². The van der Waals surface area contributed by atoms with E-state index in [9.17, 15) is 4.39 Å². The third-order valence-corrected chi connectivity index (χ3v) is 5.41. The van der Waals surface area contributed by atoms with Gasteiger partial charge >= 0.3 is 0 Å². The van der Waals surface area contributed by atoms with Crippen molar-refractivity contribution in [2.45, 2.75) is 56.9 Å². The molecule has 0 saturated heterocycles. The Morgan fingerprint density at radius 2 is 2.10 bits per heavy atom. The zero-order valence-electron chi connectivity index (χ0n) is 12.6. The van der Waals surface area contributed by atoms with E-state index in [1.165, 1.54) is 36.3 Å². The van der Waals surface area contributed by atoms with Gasteiger partial charge in [0.1, 0.15) is 5.82 Å². The molecule has 0 aromatic heterocycles. The van der Waals surface area contributed by atoms with Gasteiger partial charge in [0.2, 0.25) is 0 Å². The molecule has 1 saturated carbocycles. The second-order valence-electron chi connectivity index (χ2n) is 5.82. The highest BCUT2D eigenvalue weighted by Crippen LogP contribution is 2.34. The van der Waals surface area contributed by atoms with Gasteiger partial charge in [0.05, 0.1) is 0 Å². The Kier molecular flexibility index (Phi) is 6.37. The van der Waals surface area contributed by atoms with Crippen LogP contribution in [0.5, 0.6) is 0 Å². The zero-order chi connectivity index (χ0) is 14.4. The minimum atomic E-state index is -0.129. The number of halogens is 1. The Hall–Kier alpha value is -0.540. The third kappa shape index (κ3) is 4.49. The summed E-state index contributed by atoms with van der Waals surface area (Å²) in [6.07, 6.45) is 6.61. The standard InChI is InChI=1S/C17H26FNS/c1-3-10-19-13(2)16-11-15(18)8-9-17(16)20-12-14-6-4-5-7-14/h8-9,11,13-14,19H,3-7,10,12H2,1-2H3. The summed E-state index contributed by atoms with van der Waals surface area (Å²) in [7, 11) is 0. The molecular weight excluding hydrogens is 269 g/mol. The Morgan fingerprint density at radius 3 is 2.80 bits per heavy atom. The first-order chi connectivity index (χ1) is 9.70. The second-order valence-corrected chi connectivity index (χ2v) is 6.88. The van der Waals surface area contributed by atoms with Gasteiger partial charge in [-0.1, -0.05) is 19.8 Å². The minimum Gasteiger partial charge on any atom is -0.310 e. The number of benzene rings is 1. The summed E-state index contributed by atoms with van der Waals surface area (Å²) in [6.45, 7) is 5.26. The monoisotopic (exact) mass is 295 g/mol. The number of hydrogen-bond acceptors (Lipinski definition) is 2. The smallest absolute Gasteiger partial charge is 0.123 e. The lowest BCUT2D eigenvalue weighted by Gasteiger charge is -2.18. The summed E-state index contributed by atoms with van der Waals surface area (Å²) in [4.78, 5) is 1.24. The van der Waals surface area contributed by atoms with Gasteiger partial charge in [0.25, 0.3) is 0 Å². The molecule has 1 N–H and O–H groups in total. The van der Waals surface area contributed by atoms with Crippen molar-refractivity contribution in [3.8, 4) is 0 Å². The molecule has 0 radical (unpaired) electrons. The molecular formula is C17H26FNS. The molecule has 1 fully saturated rings. The highest BCUT2D eigenvalue weighted by molar-refractivity contribution is 7.99. The fourth-order valence-electron chi connectivity index (χ4n) is 2.84. The van der Waals surface area contributed by atoms with Gasteiger partial charge in [-0.2, -0.15) is 0 Å². The van der Waals surface area contributed by atoms with Crippen molar-refractivity contribution in [2.24, 2.45) is 5.92 Å².